The number of rotatable bonds is 28. The van der Waals surface area contributed by atoms with Crippen LogP contribution in [-0.4, -0.2) is 137 Å². The number of nitrogens with zero attached hydrogens (tertiary/aromatic N) is 3. The van der Waals surface area contributed by atoms with Gasteiger partial charge in [0.05, 0.1) is 41.6 Å². The van der Waals surface area contributed by atoms with Crippen molar-refractivity contribution >= 4 is 45.1 Å². The minimum atomic E-state index is -4.99. The molecule has 0 spiro atoms. The first kappa shape index (κ1) is 60.0. The van der Waals surface area contributed by atoms with Gasteiger partial charge >= 0.3 is 6.18 Å². The van der Waals surface area contributed by atoms with Crippen LogP contribution >= 0.6 is 0 Å². The molecule has 14 nitrogen and oxygen atoms in total. The molecule has 1 saturated carbocycles. The number of methoxy groups -OCH3 is 2. The standard InChI is InChI=1S/C54H79F3N4O10S/c1-13-35(6)49(60(10)52(67)41(33(2)3)30-44(63)48(34(4)5)59(8)9)45(70-11)31-47(65)61-27-17-20-42(61)50(71-12)36(7)43(62)29-38(28-37-18-15-14-16-19-37)51(66)58-72(68,69)40-23-21-39(22-24-40)53(25-26-53)32-46(64)54(55,56)57/h14-16,18-19,21-24,33-36,38,41-42,45,48-50H,13,17,20,25-32H2,1-12H3,(H,58,66)/t35-,36-,38+,41-,42-,45+,48-,49-,50+/m0/s1. The minimum Gasteiger partial charge on any atom is -0.379 e. The molecule has 2 aromatic carbocycles. The molecule has 1 N–H and O–H groups in total. The number of Topliss-reactive ketones (excluding diaryl/α,β-unsaturated/α-hetero) is 3. The Labute approximate surface area is 425 Å². The summed E-state index contributed by atoms with van der Waals surface area (Å²) in [6, 6.07) is 12.5. The van der Waals surface area contributed by atoms with E-state index in [1.165, 1.54) is 38.5 Å². The Morgan fingerprint density at radius 2 is 1.44 bits per heavy atom. The van der Waals surface area contributed by atoms with Crippen LogP contribution < -0.4 is 4.72 Å². The molecule has 18 heteroatoms. The maximum atomic E-state index is 14.5. The quantitative estimate of drug-likeness (QED) is 0.0888. The van der Waals surface area contributed by atoms with Crippen LogP contribution in [-0.2, 0) is 60.1 Å². The normalized spacial score (nSPS) is 19.2. The Morgan fingerprint density at radius 1 is 0.833 bits per heavy atom. The van der Waals surface area contributed by atoms with Crippen molar-refractivity contribution in [3.05, 3.63) is 65.7 Å². The third-order valence-electron chi connectivity index (χ3n) is 15.2. The second-order valence-electron chi connectivity index (χ2n) is 21.2. The molecule has 402 valence electrons. The first-order chi connectivity index (χ1) is 33.6. The van der Waals surface area contributed by atoms with Gasteiger partial charge in [-0.25, -0.2) is 13.1 Å². The maximum Gasteiger partial charge on any atom is 0.450 e. The number of carbonyl (C=O) groups is 6. The summed E-state index contributed by atoms with van der Waals surface area (Å²) in [7, 11) is 3.89. The van der Waals surface area contributed by atoms with Crippen LogP contribution in [0.4, 0.5) is 13.2 Å². The largest absolute Gasteiger partial charge is 0.450 e. The molecule has 0 radical (unpaired) electrons. The summed E-state index contributed by atoms with van der Waals surface area (Å²) in [6.45, 7) is 13.9. The first-order valence-electron chi connectivity index (χ1n) is 25.3. The highest BCUT2D eigenvalue weighted by molar-refractivity contribution is 7.90. The van der Waals surface area contributed by atoms with Crippen LogP contribution in [0.1, 0.15) is 117 Å². The number of amides is 3. The lowest BCUT2D eigenvalue weighted by atomic mass is 9.83. The molecule has 4 rings (SSSR count). The van der Waals surface area contributed by atoms with E-state index in [2.05, 4.69) is 4.72 Å². The van der Waals surface area contributed by atoms with Crippen LogP contribution in [0.3, 0.4) is 0 Å². The number of ether oxygens (including phenoxy) is 2. The number of nitrogens with one attached hydrogen (secondary N) is 1. The molecule has 2 fully saturated rings. The van der Waals surface area contributed by atoms with E-state index in [1.807, 2.05) is 60.5 Å². The van der Waals surface area contributed by atoms with E-state index in [1.54, 1.807) is 54.1 Å². The predicted molar refractivity (Wildman–Crippen MR) is 268 cm³/mol. The number of carbonyl (C=O) groups excluding carboxylic acids is 6. The van der Waals surface area contributed by atoms with Crippen molar-refractivity contribution in [3.8, 4) is 0 Å². The minimum absolute atomic E-state index is 0.00524. The second-order valence-corrected chi connectivity index (χ2v) is 22.9. The summed E-state index contributed by atoms with van der Waals surface area (Å²) in [5, 5.41) is 0. The van der Waals surface area contributed by atoms with E-state index in [4.69, 9.17) is 9.47 Å². The number of sulfonamides is 1. The fourth-order valence-electron chi connectivity index (χ4n) is 10.8. The zero-order valence-electron chi connectivity index (χ0n) is 44.3. The zero-order chi connectivity index (χ0) is 54.0. The fraction of sp³-hybridized carbons (Fsp3) is 0.667. The van der Waals surface area contributed by atoms with Gasteiger partial charge in [-0.2, -0.15) is 13.2 Å². The summed E-state index contributed by atoms with van der Waals surface area (Å²) in [5.74, 6) is -6.40. The van der Waals surface area contributed by atoms with Crippen molar-refractivity contribution in [1.82, 2.24) is 19.4 Å². The molecular weight excluding hydrogens is 954 g/mol. The molecule has 1 saturated heterocycles. The number of hydrogen-bond acceptors (Lipinski definition) is 11. The van der Waals surface area contributed by atoms with Gasteiger partial charge in [-0.15, -0.1) is 0 Å². The van der Waals surface area contributed by atoms with Crippen molar-refractivity contribution in [1.29, 1.82) is 0 Å². The van der Waals surface area contributed by atoms with Gasteiger partial charge < -0.3 is 19.3 Å². The molecular formula is C54H79F3N4O10S. The van der Waals surface area contributed by atoms with E-state index >= 15 is 0 Å². The average molecular weight is 1030 g/mol. The first-order valence-corrected chi connectivity index (χ1v) is 26.8. The molecule has 2 aromatic rings. The molecule has 0 aromatic heterocycles. The molecule has 1 aliphatic carbocycles. The summed E-state index contributed by atoms with van der Waals surface area (Å²) in [4.78, 5) is 87.7. The van der Waals surface area contributed by atoms with E-state index in [0.29, 0.717) is 49.8 Å². The monoisotopic (exact) mass is 1030 g/mol. The molecule has 0 unspecified atom stereocenters. The van der Waals surface area contributed by atoms with Crippen LogP contribution in [0.15, 0.2) is 59.5 Å². The number of ketones is 3. The smallest absolute Gasteiger partial charge is 0.379 e. The third-order valence-corrected chi connectivity index (χ3v) is 16.6. The maximum absolute atomic E-state index is 14.5. The summed E-state index contributed by atoms with van der Waals surface area (Å²) >= 11 is 0. The molecule has 3 amide bonds. The number of likely N-dealkylation sites (tertiary alicyclic amines) is 1. The lowest BCUT2D eigenvalue weighted by molar-refractivity contribution is -0.171. The Balaban J connectivity index is 1.51. The molecule has 1 heterocycles. The summed E-state index contributed by atoms with van der Waals surface area (Å²) in [5.41, 5.74) is 0.0224. The van der Waals surface area contributed by atoms with Gasteiger partial charge in [0.25, 0.3) is 10.0 Å². The average Bonchev–Trinajstić information content (AvgIpc) is 3.94. The highest BCUT2D eigenvalue weighted by Crippen LogP contribution is 2.52. The predicted octanol–water partition coefficient (Wildman–Crippen LogP) is 7.60. The van der Waals surface area contributed by atoms with Crippen LogP contribution in [0.25, 0.3) is 0 Å². The molecule has 1 aliphatic heterocycles. The van der Waals surface area contributed by atoms with Gasteiger partial charge in [0.15, 0.2) is 5.78 Å². The lowest BCUT2D eigenvalue weighted by Gasteiger charge is -2.41. The highest BCUT2D eigenvalue weighted by Gasteiger charge is 2.51. The number of halogens is 3. The van der Waals surface area contributed by atoms with E-state index in [-0.39, 0.29) is 72.0 Å². The van der Waals surface area contributed by atoms with Crippen LogP contribution in [0.2, 0.25) is 0 Å². The van der Waals surface area contributed by atoms with Crippen molar-refractivity contribution in [2.24, 2.45) is 35.5 Å². The summed E-state index contributed by atoms with van der Waals surface area (Å²) in [6.07, 6.45) is -5.11. The Morgan fingerprint density at radius 3 is 1.94 bits per heavy atom. The van der Waals surface area contributed by atoms with Gasteiger partial charge in [-0.05, 0) is 87.2 Å². The van der Waals surface area contributed by atoms with E-state index in [9.17, 15) is 50.4 Å². The Bertz CT molecular complexity index is 2280. The second kappa shape index (κ2) is 25.6. The number of likely N-dealkylation sites (N-methyl/N-ethyl adjacent to an activating group) is 2. The Kier molecular flexibility index (Phi) is 21.4. The van der Waals surface area contributed by atoms with Crippen LogP contribution in [0.5, 0.6) is 0 Å². The van der Waals surface area contributed by atoms with E-state index < -0.39 is 87.6 Å². The lowest BCUT2D eigenvalue weighted by Crippen LogP contribution is -2.54. The van der Waals surface area contributed by atoms with Gasteiger partial charge in [-0.1, -0.05) is 97.4 Å². The van der Waals surface area contributed by atoms with E-state index in [0.717, 1.165) is 0 Å². The van der Waals surface area contributed by atoms with Crippen LogP contribution in [0, 0.1) is 35.5 Å². The summed E-state index contributed by atoms with van der Waals surface area (Å²) < 4.78 is 80.7. The van der Waals surface area contributed by atoms with Crippen molar-refractivity contribution in [3.63, 3.8) is 0 Å². The van der Waals surface area contributed by atoms with Crippen molar-refractivity contribution in [2.45, 2.75) is 159 Å². The van der Waals surface area contributed by atoms with Gasteiger partial charge in [0.2, 0.25) is 23.5 Å². The van der Waals surface area contributed by atoms with Gasteiger partial charge in [0.1, 0.15) is 5.78 Å². The highest BCUT2D eigenvalue weighted by atomic mass is 32.2. The van der Waals surface area contributed by atoms with Gasteiger partial charge in [0, 0.05) is 70.2 Å². The SMILES string of the molecule is CC[C@H](C)[C@@H]([C@@H](CC(=O)N1CCC[C@H]1[C@H](OC)[C@@H](C)C(=O)C[C@@H](Cc1ccccc1)C(=O)NS(=O)(=O)c1ccc(C2(CC(=O)C(F)(F)F)CC2)cc1)OC)N(C)C(=O)[C@@H](CC(=O)[C@H](C(C)C)N(C)C)C(C)C. The Hall–Kier alpha value is -4.52. The molecule has 9 atom stereocenters. The topological polar surface area (TPSA) is 177 Å². The molecule has 72 heavy (non-hydrogen) atoms. The number of benzene rings is 2. The third kappa shape index (κ3) is 15.1. The molecule has 0 bridgehead atoms. The molecule has 2 aliphatic rings. The number of hydrogen-bond donors (Lipinski definition) is 1. The fourth-order valence-corrected chi connectivity index (χ4v) is 11.8. The van der Waals surface area contributed by atoms with Gasteiger partial charge in [-0.3, -0.25) is 33.7 Å². The van der Waals surface area contributed by atoms with Crippen molar-refractivity contribution in [2.75, 3.05) is 41.9 Å². The zero-order valence-corrected chi connectivity index (χ0v) is 45.1. The number of alkyl halides is 3. The van der Waals surface area contributed by atoms with Crippen molar-refractivity contribution < 1.29 is 59.8 Å².